The second kappa shape index (κ2) is 4.84. The zero-order chi connectivity index (χ0) is 12.5. The van der Waals surface area contributed by atoms with Gasteiger partial charge in [-0.1, -0.05) is 0 Å². The van der Waals surface area contributed by atoms with Gasteiger partial charge >= 0.3 is 0 Å². The second-order valence-corrected chi connectivity index (χ2v) is 5.94. The Morgan fingerprint density at radius 1 is 1.41 bits per heavy atom. The average Bonchev–Trinajstić information content (AvgIpc) is 2.21. The Hall–Kier alpha value is -0.160. The van der Waals surface area contributed by atoms with Crippen molar-refractivity contribution in [1.82, 2.24) is 4.90 Å². The van der Waals surface area contributed by atoms with Gasteiger partial charge in [-0.25, -0.2) is 0 Å². The van der Waals surface area contributed by atoms with Gasteiger partial charge in [-0.3, -0.25) is 4.90 Å². The molecule has 0 aromatic carbocycles. The molecule has 0 radical (unpaired) electrons. The molecule has 1 heterocycles. The first kappa shape index (κ1) is 13.3. The average molecular weight is 242 g/mol. The minimum atomic E-state index is -0.0445. The molecule has 0 aromatic heterocycles. The summed E-state index contributed by atoms with van der Waals surface area (Å²) in [5, 5.41) is 0. The highest BCUT2D eigenvalue weighted by Gasteiger charge is 2.50. The summed E-state index contributed by atoms with van der Waals surface area (Å²) in [6.45, 7) is 10.7. The lowest BCUT2D eigenvalue weighted by atomic mass is 9.72. The largest absolute Gasteiger partial charge is 0.378 e. The van der Waals surface area contributed by atoms with Crippen LogP contribution in [-0.2, 0) is 9.47 Å². The smallest absolute Gasteiger partial charge is 0.0753 e. The van der Waals surface area contributed by atoms with Gasteiger partial charge in [0.25, 0.3) is 0 Å². The van der Waals surface area contributed by atoms with E-state index in [1.54, 1.807) is 0 Å². The van der Waals surface area contributed by atoms with Crippen LogP contribution in [0.5, 0.6) is 0 Å². The van der Waals surface area contributed by atoms with Crippen molar-refractivity contribution in [2.24, 2.45) is 5.73 Å². The van der Waals surface area contributed by atoms with E-state index in [0.29, 0.717) is 6.10 Å². The van der Waals surface area contributed by atoms with Crippen molar-refractivity contribution >= 4 is 0 Å². The van der Waals surface area contributed by atoms with E-state index in [1.807, 2.05) is 0 Å². The van der Waals surface area contributed by atoms with Crippen LogP contribution < -0.4 is 5.73 Å². The van der Waals surface area contributed by atoms with Crippen molar-refractivity contribution in [3.05, 3.63) is 0 Å². The molecule has 0 spiro atoms. The molecule has 0 amide bonds. The maximum atomic E-state index is 6.01. The lowest BCUT2D eigenvalue weighted by Gasteiger charge is -2.56. The van der Waals surface area contributed by atoms with E-state index in [-0.39, 0.29) is 11.1 Å². The van der Waals surface area contributed by atoms with E-state index in [9.17, 15) is 0 Å². The number of nitrogens with two attached hydrogens (primary N) is 1. The van der Waals surface area contributed by atoms with Crippen molar-refractivity contribution in [3.63, 3.8) is 0 Å². The normalized spacial score (nSPS) is 37.8. The van der Waals surface area contributed by atoms with Gasteiger partial charge in [0.15, 0.2) is 0 Å². The van der Waals surface area contributed by atoms with Gasteiger partial charge in [0, 0.05) is 31.8 Å². The first-order chi connectivity index (χ1) is 8.01. The Balaban J connectivity index is 1.95. The van der Waals surface area contributed by atoms with Crippen LogP contribution in [0.4, 0.5) is 0 Å². The monoisotopic (exact) mass is 242 g/mol. The van der Waals surface area contributed by atoms with Crippen LogP contribution in [0, 0.1) is 0 Å². The molecule has 0 bridgehead atoms. The summed E-state index contributed by atoms with van der Waals surface area (Å²) >= 11 is 0. The number of hydrogen-bond donors (Lipinski definition) is 1. The number of ether oxygens (including phenoxy) is 2. The Morgan fingerprint density at radius 2 is 2.12 bits per heavy atom. The molecule has 0 aromatic rings. The molecule has 1 saturated heterocycles. The third-order valence-corrected chi connectivity index (χ3v) is 4.09. The topological polar surface area (TPSA) is 47.7 Å². The molecule has 2 aliphatic rings. The van der Waals surface area contributed by atoms with Crippen LogP contribution in [0.15, 0.2) is 0 Å². The number of hydrogen-bond acceptors (Lipinski definition) is 4. The molecule has 1 aliphatic carbocycles. The van der Waals surface area contributed by atoms with Gasteiger partial charge < -0.3 is 15.2 Å². The molecule has 100 valence electrons. The van der Waals surface area contributed by atoms with E-state index >= 15 is 0 Å². The van der Waals surface area contributed by atoms with E-state index in [2.05, 4.69) is 25.7 Å². The van der Waals surface area contributed by atoms with Gasteiger partial charge in [0.05, 0.1) is 18.3 Å². The van der Waals surface area contributed by atoms with Crippen molar-refractivity contribution < 1.29 is 9.47 Å². The summed E-state index contributed by atoms with van der Waals surface area (Å²) < 4.78 is 11.4. The predicted octanol–water partition coefficient (Wildman–Crippen LogP) is 0.994. The SMILES string of the molecule is CCOC1CC(CN)(N2CCOC(C)(C)C2)C1. The highest BCUT2D eigenvalue weighted by atomic mass is 16.5. The molecular formula is C13H26N2O2. The van der Waals surface area contributed by atoms with E-state index in [4.69, 9.17) is 15.2 Å². The predicted molar refractivity (Wildman–Crippen MR) is 68.0 cm³/mol. The Kier molecular flexibility index (Phi) is 3.78. The van der Waals surface area contributed by atoms with Crippen LogP contribution in [0.1, 0.15) is 33.6 Å². The van der Waals surface area contributed by atoms with Crippen molar-refractivity contribution in [2.45, 2.75) is 50.9 Å². The Labute approximate surface area is 104 Å². The molecule has 4 heteroatoms. The maximum absolute atomic E-state index is 6.01. The first-order valence-electron chi connectivity index (χ1n) is 6.72. The van der Waals surface area contributed by atoms with Crippen molar-refractivity contribution in [3.8, 4) is 0 Å². The zero-order valence-corrected chi connectivity index (χ0v) is 11.4. The quantitative estimate of drug-likeness (QED) is 0.799. The Morgan fingerprint density at radius 3 is 2.65 bits per heavy atom. The van der Waals surface area contributed by atoms with Gasteiger partial charge in [-0.15, -0.1) is 0 Å². The van der Waals surface area contributed by atoms with Crippen LogP contribution >= 0.6 is 0 Å². The van der Waals surface area contributed by atoms with Gasteiger partial charge in [0.1, 0.15) is 0 Å². The van der Waals surface area contributed by atoms with Crippen LogP contribution in [0.25, 0.3) is 0 Å². The highest BCUT2D eigenvalue weighted by molar-refractivity contribution is 5.06. The maximum Gasteiger partial charge on any atom is 0.0753 e. The second-order valence-electron chi connectivity index (χ2n) is 5.94. The van der Waals surface area contributed by atoms with Crippen LogP contribution in [0.3, 0.4) is 0 Å². The summed E-state index contributed by atoms with van der Waals surface area (Å²) in [6.07, 6.45) is 2.57. The molecular weight excluding hydrogens is 216 g/mol. The molecule has 1 saturated carbocycles. The molecule has 17 heavy (non-hydrogen) atoms. The lowest BCUT2D eigenvalue weighted by molar-refractivity contribution is -0.161. The molecule has 2 fully saturated rings. The molecule has 1 aliphatic heterocycles. The highest BCUT2D eigenvalue weighted by Crippen LogP contribution is 2.40. The van der Waals surface area contributed by atoms with Crippen LogP contribution in [-0.4, -0.2) is 55.0 Å². The van der Waals surface area contributed by atoms with Gasteiger partial charge in [-0.05, 0) is 33.6 Å². The van der Waals surface area contributed by atoms with Crippen molar-refractivity contribution in [2.75, 3.05) is 32.8 Å². The zero-order valence-electron chi connectivity index (χ0n) is 11.4. The Bertz CT molecular complexity index is 262. The fourth-order valence-corrected chi connectivity index (χ4v) is 3.12. The molecule has 2 rings (SSSR count). The van der Waals surface area contributed by atoms with Crippen LogP contribution in [0.2, 0.25) is 0 Å². The molecule has 2 N–H and O–H groups in total. The minimum Gasteiger partial charge on any atom is -0.378 e. The number of nitrogens with zero attached hydrogens (tertiary/aromatic N) is 1. The summed E-state index contributed by atoms with van der Waals surface area (Å²) in [4.78, 5) is 2.52. The standard InChI is InChI=1S/C13H26N2O2/c1-4-16-11-7-13(8-11,9-14)15-5-6-17-12(2,3)10-15/h11H,4-10,14H2,1-3H3. The summed E-state index contributed by atoms with van der Waals surface area (Å²) in [7, 11) is 0. The molecule has 0 atom stereocenters. The van der Waals surface area contributed by atoms with E-state index in [0.717, 1.165) is 45.7 Å². The summed E-state index contributed by atoms with van der Waals surface area (Å²) in [5.41, 5.74) is 6.13. The number of rotatable bonds is 4. The third kappa shape index (κ3) is 2.65. The summed E-state index contributed by atoms with van der Waals surface area (Å²) in [6, 6.07) is 0. The van der Waals surface area contributed by atoms with Crippen molar-refractivity contribution in [1.29, 1.82) is 0 Å². The first-order valence-corrected chi connectivity index (χ1v) is 6.72. The van der Waals surface area contributed by atoms with E-state index < -0.39 is 0 Å². The fraction of sp³-hybridized carbons (Fsp3) is 1.00. The lowest BCUT2D eigenvalue weighted by Crippen LogP contribution is -2.68. The number of morpholine rings is 1. The molecule has 4 nitrogen and oxygen atoms in total. The third-order valence-electron chi connectivity index (χ3n) is 4.09. The van der Waals surface area contributed by atoms with E-state index in [1.165, 1.54) is 0 Å². The summed E-state index contributed by atoms with van der Waals surface area (Å²) in [5.74, 6) is 0. The van der Waals surface area contributed by atoms with Gasteiger partial charge in [-0.2, -0.15) is 0 Å². The fourth-order valence-electron chi connectivity index (χ4n) is 3.12. The molecule has 0 unspecified atom stereocenters. The minimum absolute atomic E-state index is 0.0445. The van der Waals surface area contributed by atoms with Gasteiger partial charge in [0.2, 0.25) is 0 Å².